The van der Waals surface area contributed by atoms with Crippen LogP contribution in [0.25, 0.3) is 0 Å². The van der Waals surface area contributed by atoms with Crippen LogP contribution >= 0.6 is 0 Å². The lowest BCUT2D eigenvalue weighted by atomic mass is 10.0. The number of oxime groups is 1. The minimum atomic E-state index is 0.627. The van der Waals surface area contributed by atoms with Gasteiger partial charge in [0.15, 0.2) is 0 Å². The van der Waals surface area contributed by atoms with Gasteiger partial charge < -0.3 is 5.21 Å². The molecule has 1 aromatic rings. The Morgan fingerprint density at radius 1 is 0.840 bits per heavy atom. The van der Waals surface area contributed by atoms with Crippen molar-refractivity contribution < 1.29 is 9.77 Å². The molecular weight excluding hydrogens is 310 g/mol. The summed E-state index contributed by atoms with van der Waals surface area (Å²) in [5.41, 5.74) is 0. The number of imidazole rings is 1. The summed E-state index contributed by atoms with van der Waals surface area (Å²) in [4.78, 5) is 0. The zero-order valence-corrected chi connectivity index (χ0v) is 16.4. The molecule has 0 aliphatic rings. The summed E-state index contributed by atoms with van der Waals surface area (Å²) in [5, 5.41) is 11.5. The quantitative estimate of drug-likeness (QED) is 0.126. The van der Waals surface area contributed by atoms with E-state index < -0.39 is 0 Å². The number of hydrogen-bond acceptors (Lipinski definition) is 2. The van der Waals surface area contributed by atoms with E-state index in [1.165, 1.54) is 96.1 Å². The summed E-state index contributed by atoms with van der Waals surface area (Å²) >= 11 is 0. The monoisotopic (exact) mass is 350 g/mol. The highest BCUT2D eigenvalue weighted by atomic mass is 16.4. The van der Waals surface area contributed by atoms with E-state index in [0.29, 0.717) is 6.54 Å². The second-order valence-corrected chi connectivity index (χ2v) is 7.24. The number of aryl methyl sites for hydroxylation is 1. The van der Waals surface area contributed by atoms with Gasteiger partial charge >= 0.3 is 0 Å². The molecule has 0 aromatic carbocycles. The Balaban J connectivity index is 1.82. The van der Waals surface area contributed by atoms with Gasteiger partial charge in [-0.3, -0.25) is 0 Å². The SMILES string of the molecule is CCCCCCCCCCCCCCCCn1cc[n+](C/C=N/O)c1. The highest BCUT2D eigenvalue weighted by molar-refractivity contribution is 5.53. The smallest absolute Gasteiger partial charge is 0.244 e. The minimum Gasteiger partial charge on any atom is -0.411 e. The molecule has 0 saturated heterocycles. The van der Waals surface area contributed by atoms with Gasteiger partial charge in [0.25, 0.3) is 0 Å². The van der Waals surface area contributed by atoms with Crippen molar-refractivity contribution in [2.24, 2.45) is 5.16 Å². The Morgan fingerprint density at radius 2 is 1.36 bits per heavy atom. The maximum absolute atomic E-state index is 8.43. The summed E-state index contributed by atoms with van der Waals surface area (Å²) in [5.74, 6) is 0. The summed E-state index contributed by atoms with van der Waals surface area (Å²) < 4.78 is 4.23. The van der Waals surface area contributed by atoms with Crippen molar-refractivity contribution >= 4 is 6.21 Å². The van der Waals surface area contributed by atoms with Crippen LogP contribution in [0.3, 0.4) is 0 Å². The molecule has 1 rings (SSSR count). The summed E-state index contributed by atoms with van der Waals surface area (Å²) in [7, 11) is 0. The molecule has 0 radical (unpaired) electrons. The molecule has 1 N–H and O–H groups in total. The second-order valence-electron chi connectivity index (χ2n) is 7.24. The van der Waals surface area contributed by atoms with Gasteiger partial charge in [-0.1, -0.05) is 89.1 Å². The van der Waals surface area contributed by atoms with Crippen LogP contribution in [0, 0.1) is 0 Å². The summed E-state index contributed by atoms with van der Waals surface area (Å²) in [6, 6.07) is 0. The molecule has 0 aliphatic carbocycles. The molecule has 0 amide bonds. The van der Waals surface area contributed by atoms with Crippen molar-refractivity contribution in [3.05, 3.63) is 18.7 Å². The summed E-state index contributed by atoms with van der Waals surface area (Å²) in [6.45, 7) is 4.00. The lowest BCUT2D eigenvalue weighted by Crippen LogP contribution is -2.31. The van der Waals surface area contributed by atoms with Crippen LogP contribution in [0.2, 0.25) is 0 Å². The molecule has 25 heavy (non-hydrogen) atoms. The fourth-order valence-corrected chi connectivity index (χ4v) is 3.30. The average Bonchev–Trinajstić information content (AvgIpc) is 3.08. The minimum absolute atomic E-state index is 0.627. The predicted octanol–water partition coefficient (Wildman–Crippen LogP) is 5.72. The molecule has 0 bridgehead atoms. The second kappa shape index (κ2) is 16.2. The largest absolute Gasteiger partial charge is 0.411 e. The van der Waals surface area contributed by atoms with Gasteiger partial charge in [0, 0.05) is 0 Å². The van der Waals surface area contributed by atoms with E-state index in [1.807, 2.05) is 10.8 Å². The standard InChI is InChI=1S/C21H39N3O/c1-2-3-4-5-6-7-8-9-10-11-12-13-14-15-17-23-19-20-24(21-23)18-16-22-25/h16,19-21H,2-15,17-18H2,1H3/p+1/b22-16+. The topological polar surface area (TPSA) is 41.4 Å². The normalized spacial score (nSPS) is 11.6. The van der Waals surface area contributed by atoms with E-state index in [0.717, 1.165) is 6.54 Å². The first-order valence-corrected chi connectivity index (χ1v) is 10.6. The molecule has 0 aliphatic heterocycles. The third-order valence-electron chi connectivity index (χ3n) is 4.89. The highest BCUT2D eigenvalue weighted by Gasteiger charge is 2.02. The van der Waals surface area contributed by atoms with Gasteiger partial charge in [-0.2, -0.15) is 0 Å². The van der Waals surface area contributed by atoms with Crippen molar-refractivity contribution in [3.8, 4) is 0 Å². The van der Waals surface area contributed by atoms with Crippen LogP contribution in [0.5, 0.6) is 0 Å². The number of hydrogen-bond donors (Lipinski definition) is 1. The zero-order chi connectivity index (χ0) is 18.0. The number of rotatable bonds is 17. The van der Waals surface area contributed by atoms with Gasteiger partial charge in [-0.05, 0) is 12.8 Å². The van der Waals surface area contributed by atoms with Crippen molar-refractivity contribution in [2.45, 2.75) is 110 Å². The molecule has 1 aromatic heterocycles. The fraction of sp³-hybridized carbons (Fsp3) is 0.810. The summed E-state index contributed by atoms with van der Waals surface area (Å²) in [6.07, 6.45) is 27.3. The third-order valence-corrected chi connectivity index (χ3v) is 4.89. The molecule has 0 atom stereocenters. The van der Waals surface area contributed by atoms with Gasteiger partial charge in [0.1, 0.15) is 18.9 Å². The van der Waals surface area contributed by atoms with Crippen LogP contribution in [-0.4, -0.2) is 16.0 Å². The molecular formula is C21H40N3O+. The number of nitrogens with zero attached hydrogens (tertiary/aromatic N) is 3. The molecule has 0 spiro atoms. The Morgan fingerprint density at radius 3 is 1.88 bits per heavy atom. The average molecular weight is 351 g/mol. The van der Waals surface area contributed by atoms with E-state index in [9.17, 15) is 0 Å². The molecule has 0 saturated carbocycles. The molecule has 144 valence electrons. The van der Waals surface area contributed by atoms with Gasteiger partial charge in [0.2, 0.25) is 6.33 Å². The Hall–Kier alpha value is -1.32. The Bertz CT molecular complexity index is 429. The van der Waals surface area contributed by atoms with E-state index in [4.69, 9.17) is 5.21 Å². The van der Waals surface area contributed by atoms with Gasteiger partial charge in [0.05, 0.1) is 12.8 Å². The van der Waals surface area contributed by atoms with Crippen LogP contribution < -0.4 is 4.57 Å². The first-order valence-electron chi connectivity index (χ1n) is 10.6. The zero-order valence-electron chi connectivity index (χ0n) is 16.4. The third kappa shape index (κ3) is 12.7. The van der Waals surface area contributed by atoms with Crippen LogP contribution in [-0.2, 0) is 13.1 Å². The lowest BCUT2D eigenvalue weighted by Gasteiger charge is -2.03. The highest BCUT2D eigenvalue weighted by Crippen LogP contribution is 2.13. The molecule has 0 unspecified atom stereocenters. The fourth-order valence-electron chi connectivity index (χ4n) is 3.30. The van der Waals surface area contributed by atoms with E-state index >= 15 is 0 Å². The Labute approximate surface area is 154 Å². The van der Waals surface area contributed by atoms with E-state index in [1.54, 1.807) is 0 Å². The van der Waals surface area contributed by atoms with Crippen molar-refractivity contribution in [1.29, 1.82) is 0 Å². The van der Waals surface area contributed by atoms with Gasteiger partial charge in [-0.15, -0.1) is 0 Å². The van der Waals surface area contributed by atoms with E-state index in [-0.39, 0.29) is 0 Å². The number of aromatic nitrogens is 2. The van der Waals surface area contributed by atoms with Crippen molar-refractivity contribution in [2.75, 3.05) is 0 Å². The van der Waals surface area contributed by atoms with E-state index in [2.05, 4.69) is 29.2 Å². The Kier molecular flexibility index (Phi) is 14.0. The predicted molar refractivity (Wildman–Crippen MR) is 105 cm³/mol. The maximum Gasteiger partial charge on any atom is 0.244 e. The molecule has 1 heterocycles. The van der Waals surface area contributed by atoms with Crippen molar-refractivity contribution in [3.63, 3.8) is 0 Å². The molecule has 4 heteroatoms. The first kappa shape index (κ1) is 21.7. The van der Waals surface area contributed by atoms with Crippen LogP contribution in [0.4, 0.5) is 0 Å². The lowest BCUT2D eigenvalue weighted by molar-refractivity contribution is -0.680. The van der Waals surface area contributed by atoms with Gasteiger partial charge in [-0.25, -0.2) is 9.13 Å². The molecule has 0 fully saturated rings. The van der Waals surface area contributed by atoms with Crippen molar-refractivity contribution in [1.82, 2.24) is 4.57 Å². The van der Waals surface area contributed by atoms with Crippen LogP contribution in [0.15, 0.2) is 23.9 Å². The van der Waals surface area contributed by atoms with Crippen LogP contribution in [0.1, 0.15) is 96.8 Å². The first-order chi connectivity index (χ1) is 12.4. The molecule has 4 nitrogen and oxygen atoms in total. The maximum atomic E-state index is 8.43. The number of unbranched alkanes of at least 4 members (excludes halogenated alkanes) is 13.